The molecule has 0 bridgehead atoms. The lowest BCUT2D eigenvalue weighted by molar-refractivity contribution is -0.118. The molecule has 0 atom stereocenters. The van der Waals surface area contributed by atoms with Crippen LogP contribution in [0.5, 0.6) is 11.5 Å². The second-order valence-corrected chi connectivity index (χ2v) is 7.48. The van der Waals surface area contributed by atoms with Crippen LogP contribution in [0.3, 0.4) is 0 Å². The molecule has 1 amide bonds. The number of fused-ring (bicyclic) bond motifs is 1. The number of nitrogens with one attached hydrogen (secondary N) is 2. The fraction of sp³-hybridized carbons (Fsp3) is 0.0833. The predicted octanol–water partition coefficient (Wildman–Crippen LogP) is 3.25. The minimum absolute atomic E-state index is 0.160. The van der Waals surface area contributed by atoms with Gasteiger partial charge in [-0.2, -0.15) is 5.10 Å². The van der Waals surface area contributed by atoms with E-state index in [-0.39, 0.29) is 29.0 Å². The number of carbonyl (C=O) groups is 1. The third kappa shape index (κ3) is 5.00. The second kappa shape index (κ2) is 10.1. The number of hydrogen-bond donors (Lipinski definition) is 2. The van der Waals surface area contributed by atoms with Crippen molar-refractivity contribution in [3.8, 4) is 11.5 Å². The smallest absolute Gasteiger partial charge is 0.349 e. The Labute approximate surface area is 198 Å². The maximum Gasteiger partial charge on any atom is 0.349 e. The Bertz CT molecular complexity index is 1500. The molecular weight excluding hydrogens is 460 g/mol. The molecular formula is C24H19ClN4O5. The number of ether oxygens (including phenoxy) is 2. The summed E-state index contributed by atoms with van der Waals surface area (Å²) in [6, 6.07) is 18.7. The Kier molecular flexibility index (Phi) is 6.74. The van der Waals surface area contributed by atoms with Gasteiger partial charge in [-0.1, -0.05) is 41.9 Å². The highest BCUT2D eigenvalue weighted by atomic mass is 35.5. The van der Waals surface area contributed by atoms with Gasteiger partial charge in [0.05, 0.1) is 29.2 Å². The zero-order valence-corrected chi connectivity index (χ0v) is 18.7. The summed E-state index contributed by atoms with van der Waals surface area (Å²) in [6.45, 7) is -0.291. The van der Waals surface area contributed by atoms with Crippen molar-refractivity contribution in [1.29, 1.82) is 0 Å². The zero-order chi connectivity index (χ0) is 24.1. The number of hydrogen-bond acceptors (Lipinski definition) is 6. The van der Waals surface area contributed by atoms with Crippen molar-refractivity contribution in [3.05, 3.63) is 98.2 Å². The van der Waals surface area contributed by atoms with E-state index in [1.165, 1.54) is 19.4 Å². The van der Waals surface area contributed by atoms with E-state index >= 15 is 0 Å². The fourth-order valence-electron chi connectivity index (χ4n) is 3.19. The molecule has 0 radical (unpaired) electrons. The highest BCUT2D eigenvalue weighted by molar-refractivity contribution is 6.32. The summed E-state index contributed by atoms with van der Waals surface area (Å²) in [5.74, 6) is 0.0522. The first-order valence-electron chi connectivity index (χ1n) is 10.1. The molecule has 0 spiro atoms. The van der Waals surface area contributed by atoms with Gasteiger partial charge >= 0.3 is 5.69 Å². The van der Waals surface area contributed by atoms with Crippen LogP contribution < -0.4 is 26.0 Å². The molecule has 1 aromatic heterocycles. The zero-order valence-electron chi connectivity index (χ0n) is 17.9. The lowest BCUT2D eigenvalue weighted by atomic mass is 10.2. The third-order valence-electron chi connectivity index (χ3n) is 4.76. The van der Waals surface area contributed by atoms with Crippen LogP contribution in [0.15, 0.2) is 81.4 Å². The predicted molar refractivity (Wildman–Crippen MR) is 130 cm³/mol. The van der Waals surface area contributed by atoms with E-state index in [4.69, 9.17) is 21.1 Å². The van der Waals surface area contributed by atoms with Gasteiger partial charge in [-0.25, -0.2) is 4.79 Å². The minimum Gasteiger partial charge on any atom is -0.493 e. The van der Waals surface area contributed by atoms with E-state index in [0.717, 1.165) is 4.68 Å². The highest BCUT2D eigenvalue weighted by Crippen LogP contribution is 2.36. The van der Waals surface area contributed by atoms with Crippen molar-refractivity contribution in [3.63, 3.8) is 0 Å². The number of methoxy groups -OCH3 is 1. The van der Waals surface area contributed by atoms with Gasteiger partial charge in [0.25, 0.3) is 11.5 Å². The number of aromatic nitrogens is 2. The number of carbonyl (C=O) groups excluding carboxylic acids is 1. The number of para-hydroxylation sites is 2. The van der Waals surface area contributed by atoms with E-state index < -0.39 is 11.2 Å². The van der Waals surface area contributed by atoms with E-state index in [1.807, 2.05) is 6.07 Å². The molecule has 4 aromatic rings. The highest BCUT2D eigenvalue weighted by Gasteiger charge is 2.14. The first-order chi connectivity index (χ1) is 16.5. The molecule has 0 aliphatic carbocycles. The average molecular weight is 479 g/mol. The Hall–Kier alpha value is -4.37. The second-order valence-electron chi connectivity index (χ2n) is 7.07. The number of benzene rings is 3. The van der Waals surface area contributed by atoms with Gasteiger partial charge < -0.3 is 19.8 Å². The van der Waals surface area contributed by atoms with Crippen LogP contribution in [0.1, 0.15) is 5.56 Å². The van der Waals surface area contributed by atoms with Crippen LogP contribution >= 0.6 is 11.6 Å². The summed E-state index contributed by atoms with van der Waals surface area (Å²) >= 11 is 6.34. The SMILES string of the molecule is COc1cc(C=Nn2c(=O)[nH]c3ccccc3c2=O)cc(Cl)c1OCC(=O)Nc1ccccc1. The van der Waals surface area contributed by atoms with E-state index in [1.54, 1.807) is 54.6 Å². The number of nitrogens with zero attached hydrogens (tertiary/aromatic N) is 2. The molecule has 2 N–H and O–H groups in total. The van der Waals surface area contributed by atoms with Crippen molar-refractivity contribution in [2.75, 3.05) is 19.0 Å². The number of amides is 1. The molecule has 9 nitrogen and oxygen atoms in total. The minimum atomic E-state index is -0.678. The molecule has 34 heavy (non-hydrogen) atoms. The first-order valence-corrected chi connectivity index (χ1v) is 10.5. The number of anilines is 1. The van der Waals surface area contributed by atoms with Crippen LogP contribution in [0.25, 0.3) is 10.9 Å². The van der Waals surface area contributed by atoms with E-state index in [2.05, 4.69) is 15.4 Å². The molecule has 0 aliphatic heterocycles. The molecule has 0 fully saturated rings. The number of H-pyrrole nitrogens is 1. The molecule has 10 heteroatoms. The van der Waals surface area contributed by atoms with Crippen molar-refractivity contribution >= 4 is 40.3 Å². The van der Waals surface area contributed by atoms with E-state index in [9.17, 15) is 14.4 Å². The molecule has 0 unspecified atom stereocenters. The normalized spacial score (nSPS) is 11.0. The first kappa shape index (κ1) is 22.8. The summed E-state index contributed by atoms with van der Waals surface area (Å²) in [5.41, 5.74) is 0.272. The van der Waals surface area contributed by atoms with Crippen LogP contribution in [0, 0.1) is 0 Å². The Morgan fingerprint density at radius 2 is 1.85 bits per heavy atom. The molecule has 1 heterocycles. The Morgan fingerprint density at radius 3 is 2.62 bits per heavy atom. The lowest BCUT2D eigenvalue weighted by Crippen LogP contribution is -2.32. The fourth-order valence-corrected chi connectivity index (χ4v) is 3.47. The van der Waals surface area contributed by atoms with Gasteiger partial charge in [0, 0.05) is 5.69 Å². The summed E-state index contributed by atoms with van der Waals surface area (Å²) in [7, 11) is 1.42. The lowest BCUT2D eigenvalue weighted by Gasteiger charge is -2.13. The summed E-state index contributed by atoms with van der Waals surface area (Å²) in [5, 5.41) is 7.20. The van der Waals surface area contributed by atoms with Crippen molar-refractivity contribution in [2.45, 2.75) is 0 Å². The van der Waals surface area contributed by atoms with Gasteiger partial charge in [-0.05, 0) is 42.0 Å². The Morgan fingerprint density at radius 1 is 1.12 bits per heavy atom. The summed E-state index contributed by atoms with van der Waals surface area (Å²) in [4.78, 5) is 39.7. The quantitative estimate of drug-likeness (QED) is 0.396. The van der Waals surface area contributed by atoms with Crippen LogP contribution in [0.2, 0.25) is 5.02 Å². The number of aromatic amines is 1. The van der Waals surface area contributed by atoms with Crippen molar-refractivity contribution < 1.29 is 14.3 Å². The van der Waals surface area contributed by atoms with Crippen LogP contribution in [0.4, 0.5) is 5.69 Å². The monoisotopic (exact) mass is 478 g/mol. The molecule has 172 valence electrons. The third-order valence-corrected chi connectivity index (χ3v) is 5.04. The number of rotatable bonds is 7. The van der Waals surface area contributed by atoms with Crippen LogP contribution in [-0.2, 0) is 4.79 Å². The molecule has 3 aromatic carbocycles. The summed E-state index contributed by atoms with van der Waals surface area (Å²) < 4.78 is 11.6. The number of halogens is 1. The van der Waals surface area contributed by atoms with E-state index in [0.29, 0.717) is 22.2 Å². The molecule has 0 saturated carbocycles. The van der Waals surface area contributed by atoms with Gasteiger partial charge in [0.2, 0.25) is 0 Å². The maximum absolute atomic E-state index is 12.6. The van der Waals surface area contributed by atoms with Gasteiger partial charge in [-0.3, -0.25) is 9.59 Å². The van der Waals surface area contributed by atoms with Crippen molar-refractivity contribution in [1.82, 2.24) is 9.66 Å². The standard InChI is InChI=1S/C24H19ClN4O5/c1-33-20-12-15(13-26-29-23(31)17-9-5-6-10-19(17)28-24(29)32)11-18(25)22(20)34-14-21(30)27-16-7-3-2-4-8-16/h2-13H,14H2,1H3,(H,27,30)(H,28,32). The summed E-state index contributed by atoms with van der Waals surface area (Å²) in [6.07, 6.45) is 1.30. The van der Waals surface area contributed by atoms with Gasteiger partial charge in [0.15, 0.2) is 18.1 Å². The average Bonchev–Trinajstić information content (AvgIpc) is 2.83. The molecule has 4 rings (SSSR count). The largest absolute Gasteiger partial charge is 0.493 e. The van der Waals surface area contributed by atoms with Gasteiger partial charge in [-0.15, -0.1) is 4.68 Å². The topological polar surface area (TPSA) is 115 Å². The molecule has 0 aliphatic rings. The molecule has 0 saturated heterocycles. The maximum atomic E-state index is 12.6. The van der Waals surface area contributed by atoms with Crippen molar-refractivity contribution in [2.24, 2.45) is 5.10 Å². The van der Waals surface area contributed by atoms with Gasteiger partial charge in [0.1, 0.15) is 0 Å². The Balaban J connectivity index is 1.55. The van der Waals surface area contributed by atoms with Crippen LogP contribution in [-0.4, -0.2) is 35.5 Å².